The molecule has 0 bridgehead atoms. The van der Waals surface area contributed by atoms with Crippen molar-refractivity contribution in [3.63, 3.8) is 0 Å². The van der Waals surface area contributed by atoms with E-state index < -0.39 is 18.1 Å². The number of aliphatic hydroxyl groups excluding tert-OH is 1. The first-order valence-corrected chi connectivity index (χ1v) is 18.8. The van der Waals surface area contributed by atoms with Gasteiger partial charge >= 0.3 is 0 Å². The number of carbonyl (C=O) groups is 3. The zero-order chi connectivity index (χ0) is 35.1. The number of carbonyl (C=O) groups excluding carboxylic acids is 3. The highest BCUT2D eigenvalue weighted by Crippen LogP contribution is 2.47. The molecule has 2 aromatic carbocycles. The van der Waals surface area contributed by atoms with Gasteiger partial charge in [-0.25, -0.2) is 0 Å². The van der Waals surface area contributed by atoms with E-state index in [-0.39, 0.29) is 41.4 Å². The molecule has 2 saturated carbocycles. The number of aliphatic hydroxyl groups is 1. The summed E-state index contributed by atoms with van der Waals surface area (Å²) in [4.78, 5) is 40.3. The van der Waals surface area contributed by atoms with Crippen molar-refractivity contribution < 1.29 is 24.2 Å². The molecule has 0 aromatic heterocycles. The average Bonchev–Trinajstić information content (AvgIpc) is 3.91. The molecule has 3 fully saturated rings. The first kappa shape index (κ1) is 35.9. The minimum atomic E-state index is -0.919. The Labute approximate surface area is 296 Å². The fourth-order valence-electron chi connectivity index (χ4n) is 8.09. The molecule has 2 aromatic rings. The number of hydrogen-bond donors (Lipinski definition) is 4. The van der Waals surface area contributed by atoms with Gasteiger partial charge in [0.2, 0.25) is 5.91 Å². The number of hydrogen-bond acceptors (Lipinski definition) is 7. The predicted octanol–water partition coefficient (Wildman–Crippen LogP) is 5.75. The van der Waals surface area contributed by atoms with E-state index in [0.717, 1.165) is 74.7 Å². The number of rotatable bonds is 14. The normalized spacial score (nSPS) is 22.0. The minimum Gasteiger partial charge on any atom is -0.487 e. The molecule has 3 atom stereocenters. The van der Waals surface area contributed by atoms with E-state index in [2.05, 4.69) is 48.0 Å². The summed E-state index contributed by atoms with van der Waals surface area (Å²) in [7, 11) is 0. The van der Waals surface area contributed by atoms with Crippen molar-refractivity contribution in [2.75, 3.05) is 13.1 Å². The van der Waals surface area contributed by atoms with Crippen molar-refractivity contribution in [1.82, 2.24) is 20.9 Å². The molecule has 2 aliphatic heterocycles. The zero-order valence-corrected chi connectivity index (χ0v) is 29.7. The maximum absolute atomic E-state index is 14.1. The van der Waals surface area contributed by atoms with E-state index in [9.17, 15) is 19.5 Å². The lowest BCUT2D eigenvalue weighted by atomic mass is 9.84. The Hall–Kier alpha value is -3.95. The fourth-order valence-corrected chi connectivity index (χ4v) is 8.09. The van der Waals surface area contributed by atoms with E-state index in [4.69, 9.17) is 4.74 Å². The number of aldehydes is 1. The van der Waals surface area contributed by atoms with Gasteiger partial charge in [-0.3, -0.25) is 14.4 Å². The molecule has 1 spiro atoms. The van der Waals surface area contributed by atoms with Crippen LogP contribution in [0.5, 0.6) is 5.75 Å². The Bertz CT molecular complexity index is 1560. The van der Waals surface area contributed by atoms with E-state index in [1.54, 1.807) is 6.20 Å². The summed E-state index contributed by atoms with van der Waals surface area (Å²) in [6.07, 6.45) is 13.8. The van der Waals surface area contributed by atoms with Gasteiger partial charge in [-0.05, 0) is 80.6 Å². The number of amides is 2. The summed E-state index contributed by atoms with van der Waals surface area (Å²) in [5.41, 5.74) is 3.58. The molecule has 2 aliphatic carbocycles. The molecular weight excluding hydrogens is 628 g/mol. The number of allylic oxidation sites excluding steroid dienone is 1. The van der Waals surface area contributed by atoms with Gasteiger partial charge in [-0.1, -0.05) is 69.2 Å². The Morgan fingerprint density at radius 3 is 2.50 bits per heavy atom. The Kier molecular flexibility index (Phi) is 11.7. The molecule has 1 saturated heterocycles. The van der Waals surface area contributed by atoms with Crippen LogP contribution >= 0.6 is 0 Å². The first-order chi connectivity index (χ1) is 24.2. The topological polar surface area (TPSA) is 120 Å². The maximum Gasteiger partial charge on any atom is 0.253 e. The summed E-state index contributed by atoms with van der Waals surface area (Å²) < 4.78 is 6.68. The molecule has 50 heavy (non-hydrogen) atoms. The highest BCUT2D eigenvalue weighted by Gasteiger charge is 2.43. The third-order valence-corrected chi connectivity index (χ3v) is 11.0. The molecule has 0 unspecified atom stereocenters. The van der Waals surface area contributed by atoms with Crippen LogP contribution < -0.4 is 20.7 Å². The highest BCUT2D eigenvalue weighted by atomic mass is 16.5. The lowest BCUT2D eigenvalue weighted by molar-refractivity contribution is -0.127. The number of nitrogens with zero attached hydrogens (tertiary/aromatic N) is 1. The SMILES string of the molecule is CC(C)c1ccc2c(c1)[C@@H](NC[C@@H](O)[C@H](Cc1ccccc1)NC(=O)C(=C/NC1CCCC1)/C=C(\C=O)N1CCCC1=O)CC1(CCCC1)O2. The van der Waals surface area contributed by atoms with Crippen LogP contribution in [0, 0.1) is 0 Å². The van der Waals surface area contributed by atoms with Crippen LogP contribution in [0.3, 0.4) is 0 Å². The van der Waals surface area contributed by atoms with Crippen LogP contribution in [-0.2, 0) is 20.8 Å². The number of nitrogens with one attached hydrogen (secondary N) is 3. The van der Waals surface area contributed by atoms with Crippen LogP contribution in [-0.4, -0.2) is 65.0 Å². The van der Waals surface area contributed by atoms with Crippen LogP contribution in [0.2, 0.25) is 0 Å². The van der Waals surface area contributed by atoms with Gasteiger partial charge in [0.25, 0.3) is 5.91 Å². The number of benzene rings is 2. The standard InChI is InChI=1S/C41H54N4O5/c1-28(2)30-16-17-38-34(23-30)36(24-41(50-38)18-8-9-19-41)43-26-37(47)35(21-29-11-4-3-5-12-29)44-40(49)31(25-42-32-13-6-7-14-32)22-33(27-46)45-20-10-15-39(45)48/h3-5,11-12,16-17,22-23,25,27-28,32,35-37,42-43,47H,6-10,13-15,18-21,24,26H2,1-2H3,(H,44,49)/b31-25+,33-22+/t35-,36-,37+/m0/s1. The molecule has 268 valence electrons. The Morgan fingerprint density at radius 1 is 1.06 bits per heavy atom. The van der Waals surface area contributed by atoms with E-state index >= 15 is 0 Å². The molecule has 0 radical (unpaired) electrons. The fraction of sp³-hybridized carbons (Fsp3) is 0.537. The largest absolute Gasteiger partial charge is 0.487 e. The van der Waals surface area contributed by atoms with Crippen molar-refractivity contribution in [2.24, 2.45) is 0 Å². The van der Waals surface area contributed by atoms with Gasteiger partial charge in [-0.2, -0.15) is 0 Å². The zero-order valence-electron chi connectivity index (χ0n) is 29.7. The van der Waals surface area contributed by atoms with Gasteiger partial charge in [0.15, 0.2) is 6.29 Å². The van der Waals surface area contributed by atoms with Gasteiger partial charge in [0.05, 0.1) is 23.4 Å². The van der Waals surface area contributed by atoms with Gasteiger partial charge in [-0.15, -0.1) is 0 Å². The third-order valence-electron chi connectivity index (χ3n) is 11.0. The molecule has 4 aliphatic rings. The summed E-state index contributed by atoms with van der Waals surface area (Å²) >= 11 is 0. The molecule has 2 amide bonds. The van der Waals surface area contributed by atoms with Gasteiger partial charge in [0, 0.05) is 49.8 Å². The average molecular weight is 683 g/mol. The second-order valence-corrected chi connectivity index (χ2v) is 15.0. The van der Waals surface area contributed by atoms with Crippen LogP contribution in [0.4, 0.5) is 0 Å². The first-order valence-electron chi connectivity index (χ1n) is 18.8. The van der Waals surface area contributed by atoms with E-state index in [1.807, 2.05) is 30.3 Å². The lowest BCUT2D eigenvalue weighted by Gasteiger charge is -2.41. The van der Waals surface area contributed by atoms with Crippen LogP contribution in [0.15, 0.2) is 72.1 Å². The summed E-state index contributed by atoms with van der Waals surface area (Å²) in [5.74, 6) is 0.763. The van der Waals surface area contributed by atoms with Crippen molar-refractivity contribution in [3.8, 4) is 5.75 Å². The van der Waals surface area contributed by atoms with Crippen molar-refractivity contribution in [3.05, 3.63) is 88.8 Å². The Balaban J connectivity index is 1.24. The summed E-state index contributed by atoms with van der Waals surface area (Å²) in [5, 5.41) is 22.1. The second-order valence-electron chi connectivity index (χ2n) is 15.0. The van der Waals surface area contributed by atoms with Crippen molar-refractivity contribution in [1.29, 1.82) is 0 Å². The predicted molar refractivity (Wildman–Crippen MR) is 194 cm³/mol. The van der Waals surface area contributed by atoms with Crippen molar-refractivity contribution in [2.45, 2.75) is 127 Å². The monoisotopic (exact) mass is 682 g/mol. The summed E-state index contributed by atoms with van der Waals surface area (Å²) in [6.45, 7) is 5.09. The van der Waals surface area contributed by atoms with Crippen LogP contribution in [0.25, 0.3) is 0 Å². The second kappa shape index (κ2) is 16.4. The smallest absolute Gasteiger partial charge is 0.253 e. The van der Waals surface area contributed by atoms with Gasteiger partial charge < -0.3 is 30.7 Å². The van der Waals surface area contributed by atoms with Crippen molar-refractivity contribution >= 4 is 18.1 Å². The molecule has 6 rings (SSSR count). The van der Waals surface area contributed by atoms with Gasteiger partial charge in [0.1, 0.15) is 11.4 Å². The van der Waals surface area contributed by atoms with Crippen LogP contribution in [0.1, 0.15) is 113 Å². The number of likely N-dealkylation sites (tertiary alicyclic amines) is 1. The molecule has 9 nitrogen and oxygen atoms in total. The highest BCUT2D eigenvalue weighted by molar-refractivity contribution is 5.98. The van der Waals surface area contributed by atoms with E-state index in [1.165, 1.54) is 16.5 Å². The van der Waals surface area contributed by atoms with E-state index in [0.29, 0.717) is 38.0 Å². The quantitative estimate of drug-likeness (QED) is 0.114. The Morgan fingerprint density at radius 2 is 1.82 bits per heavy atom. The molecular formula is C41H54N4O5. The minimum absolute atomic E-state index is 0.000395. The molecule has 2 heterocycles. The number of ether oxygens (including phenoxy) is 1. The number of fused-ring (bicyclic) bond motifs is 1. The molecule has 9 heteroatoms. The maximum atomic E-state index is 14.1. The summed E-state index contributed by atoms with van der Waals surface area (Å²) in [6, 6.07) is 16.0. The lowest BCUT2D eigenvalue weighted by Crippen LogP contribution is -2.50. The molecule has 4 N–H and O–H groups in total. The third kappa shape index (κ3) is 8.67.